The Morgan fingerprint density at radius 3 is 2.50 bits per heavy atom. The van der Waals surface area contributed by atoms with Crippen LogP contribution in [0.15, 0.2) is 42.6 Å². The number of fused-ring (bicyclic) bond motifs is 1. The third-order valence-electron chi connectivity index (χ3n) is 5.30. The van der Waals surface area contributed by atoms with Gasteiger partial charge in [-0.3, -0.25) is 4.40 Å². The summed E-state index contributed by atoms with van der Waals surface area (Å²) in [6.45, 7) is 5.01. The monoisotopic (exact) mass is 386 g/mol. The van der Waals surface area contributed by atoms with Gasteiger partial charge in [-0.25, -0.2) is 8.78 Å². The van der Waals surface area contributed by atoms with E-state index in [0.717, 1.165) is 0 Å². The van der Waals surface area contributed by atoms with Crippen molar-refractivity contribution in [3.63, 3.8) is 0 Å². The number of nitrogens with zero attached hydrogens (tertiary/aromatic N) is 4. The van der Waals surface area contributed by atoms with E-state index in [9.17, 15) is 0 Å². The summed E-state index contributed by atoms with van der Waals surface area (Å²) in [4.78, 5) is 1.88. The van der Waals surface area contributed by atoms with Crippen molar-refractivity contribution < 1.29 is 13.5 Å². The molecule has 3 aromatic rings. The first-order valence-electron chi connectivity index (χ1n) is 9.61. The number of piperidine rings is 1. The Bertz CT molecular complexity index is 950. The Balaban J connectivity index is 1.53. The van der Waals surface area contributed by atoms with Crippen LogP contribution in [0.5, 0.6) is 0 Å². The van der Waals surface area contributed by atoms with Gasteiger partial charge in [0.15, 0.2) is 17.3 Å². The van der Waals surface area contributed by atoms with Crippen LogP contribution in [0.2, 0.25) is 0 Å². The number of hydrogen-bond acceptors (Lipinski definition) is 4. The first kappa shape index (κ1) is 18.8. The Kier molecular flexibility index (Phi) is 5.02. The van der Waals surface area contributed by atoms with Crippen LogP contribution in [0.4, 0.5) is 14.5 Å². The summed E-state index contributed by atoms with van der Waals surface area (Å²) >= 11 is 0. The zero-order chi connectivity index (χ0) is 19.7. The van der Waals surface area contributed by atoms with Gasteiger partial charge in [0.1, 0.15) is 12.3 Å². The molecule has 1 aliphatic rings. The third-order valence-corrected chi connectivity index (χ3v) is 5.30. The van der Waals surface area contributed by atoms with Crippen molar-refractivity contribution in [2.75, 3.05) is 18.0 Å². The summed E-state index contributed by atoms with van der Waals surface area (Å²) in [5.41, 5.74) is -0.0710. The molecule has 0 aliphatic carbocycles. The number of anilines is 1. The zero-order valence-electron chi connectivity index (χ0n) is 16.1. The highest BCUT2D eigenvalue weighted by Gasteiger charge is 2.37. The van der Waals surface area contributed by atoms with Crippen LogP contribution >= 0.6 is 0 Å². The molecule has 0 amide bonds. The van der Waals surface area contributed by atoms with Crippen molar-refractivity contribution >= 4 is 11.3 Å². The standard InChI is InChI=1S/C21H24F2N4O/c1-15(2)28-14-18-24-25-20-19(22)17(8-11-27(18)20)26-12-9-21(23,10-13-26)16-6-4-3-5-7-16/h3-8,11,15H,9-10,12-14H2,1-2H3. The third kappa shape index (κ3) is 3.46. The second-order valence-electron chi connectivity index (χ2n) is 7.50. The number of halogens is 2. The average Bonchev–Trinajstić information content (AvgIpc) is 3.12. The second kappa shape index (κ2) is 7.47. The largest absolute Gasteiger partial charge is 0.371 e. The lowest BCUT2D eigenvalue weighted by Gasteiger charge is -2.38. The summed E-state index contributed by atoms with van der Waals surface area (Å²) < 4.78 is 37.6. The van der Waals surface area contributed by atoms with Gasteiger partial charge in [-0.2, -0.15) is 0 Å². The molecule has 1 fully saturated rings. The van der Waals surface area contributed by atoms with Crippen LogP contribution in [0.3, 0.4) is 0 Å². The number of alkyl halides is 1. The van der Waals surface area contributed by atoms with E-state index in [-0.39, 0.29) is 18.4 Å². The molecule has 148 valence electrons. The molecule has 0 saturated carbocycles. The van der Waals surface area contributed by atoms with Crippen LogP contribution < -0.4 is 4.90 Å². The average molecular weight is 386 g/mol. The predicted molar refractivity (Wildman–Crippen MR) is 104 cm³/mol. The van der Waals surface area contributed by atoms with Crippen molar-refractivity contribution in [3.05, 3.63) is 59.8 Å². The molecule has 1 saturated heterocycles. The second-order valence-corrected chi connectivity index (χ2v) is 7.50. The van der Waals surface area contributed by atoms with Crippen LogP contribution in [0, 0.1) is 5.82 Å². The normalized spacial score (nSPS) is 16.8. The van der Waals surface area contributed by atoms with Gasteiger partial charge in [0, 0.05) is 32.1 Å². The molecule has 7 heteroatoms. The maximum absolute atomic E-state index is 15.3. The number of hydrogen-bond donors (Lipinski definition) is 0. The summed E-state index contributed by atoms with van der Waals surface area (Å²) in [6.07, 6.45) is 2.45. The fourth-order valence-electron chi connectivity index (χ4n) is 3.67. The number of benzene rings is 1. The molecule has 0 spiro atoms. The summed E-state index contributed by atoms with van der Waals surface area (Å²) in [7, 11) is 0. The molecule has 28 heavy (non-hydrogen) atoms. The van der Waals surface area contributed by atoms with E-state index in [2.05, 4.69) is 10.2 Å². The van der Waals surface area contributed by atoms with E-state index in [4.69, 9.17) is 4.74 Å². The van der Waals surface area contributed by atoms with Gasteiger partial charge in [-0.05, 0) is 25.5 Å². The number of ether oxygens (including phenoxy) is 1. The van der Waals surface area contributed by atoms with Crippen molar-refractivity contribution in [1.82, 2.24) is 14.6 Å². The summed E-state index contributed by atoms with van der Waals surface area (Å²) in [6, 6.07) is 10.9. The highest BCUT2D eigenvalue weighted by Crippen LogP contribution is 2.38. The lowest BCUT2D eigenvalue weighted by Crippen LogP contribution is -2.40. The van der Waals surface area contributed by atoms with Crippen LogP contribution in [-0.2, 0) is 17.0 Å². The molecule has 1 aliphatic heterocycles. The van der Waals surface area contributed by atoms with Gasteiger partial charge in [0.05, 0.1) is 11.8 Å². The molecule has 0 atom stereocenters. The first-order chi connectivity index (χ1) is 13.5. The van der Waals surface area contributed by atoms with Crippen molar-refractivity contribution in [2.24, 2.45) is 0 Å². The van der Waals surface area contributed by atoms with E-state index in [1.807, 2.05) is 49.1 Å². The van der Waals surface area contributed by atoms with Gasteiger partial charge >= 0.3 is 0 Å². The van der Waals surface area contributed by atoms with Crippen LogP contribution in [0.25, 0.3) is 5.65 Å². The summed E-state index contributed by atoms with van der Waals surface area (Å²) in [5.74, 6) is 0.122. The van der Waals surface area contributed by atoms with E-state index in [0.29, 0.717) is 43.0 Å². The topological polar surface area (TPSA) is 42.7 Å². The molecule has 3 heterocycles. The Morgan fingerprint density at radius 2 is 1.82 bits per heavy atom. The Labute approximate surface area is 162 Å². The molecule has 0 bridgehead atoms. The minimum atomic E-state index is -1.37. The fourth-order valence-corrected chi connectivity index (χ4v) is 3.67. The maximum Gasteiger partial charge on any atom is 0.199 e. The highest BCUT2D eigenvalue weighted by molar-refractivity contribution is 5.58. The van der Waals surface area contributed by atoms with Gasteiger partial charge in [0.2, 0.25) is 0 Å². The predicted octanol–water partition coefficient (Wildman–Crippen LogP) is 4.26. The molecule has 0 radical (unpaired) electrons. The maximum atomic E-state index is 15.3. The van der Waals surface area contributed by atoms with Gasteiger partial charge in [-0.1, -0.05) is 30.3 Å². The molecule has 2 aromatic heterocycles. The quantitative estimate of drug-likeness (QED) is 0.657. The van der Waals surface area contributed by atoms with Crippen molar-refractivity contribution in [2.45, 2.75) is 45.1 Å². The van der Waals surface area contributed by atoms with Crippen LogP contribution in [-0.4, -0.2) is 33.8 Å². The van der Waals surface area contributed by atoms with Crippen LogP contribution in [0.1, 0.15) is 38.1 Å². The van der Waals surface area contributed by atoms with Crippen molar-refractivity contribution in [1.29, 1.82) is 0 Å². The fraction of sp³-hybridized carbons (Fsp3) is 0.429. The van der Waals surface area contributed by atoms with E-state index < -0.39 is 11.5 Å². The Morgan fingerprint density at radius 1 is 1.11 bits per heavy atom. The lowest BCUT2D eigenvalue weighted by molar-refractivity contribution is 0.0608. The Hall–Kier alpha value is -2.54. The minimum Gasteiger partial charge on any atom is -0.371 e. The van der Waals surface area contributed by atoms with Gasteiger partial charge in [0.25, 0.3) is 0 Å². The molecule has 4 rings (SSSR count). The number of rotatable bonds is 5. The van der Waals surface area contributed by atoms with E-state index >= 15 is 8.78 Å². The first-order valence-corrected chi connectivity index (χ1v) is 9.61. The molecule has 5 nitrogen and oxygen atoms in total. The van der Waals surface area contributed by atoms with Crippen molar-refractivity contribution in [3.8, 4) is 0 Å². The van der Waals surface area contributed by atoms with Gasteiger partial charge < -0.3 is 9.64 Å². The van der Waals surface area contributed by atoms with E-state index in [1.165, 1.54) is 0 Å². The van der Waals surface area contributed by atoms with Gasteiger partial charge in [-0.15, -0.1) is 10.2 Å². The zero-order valence-corrected chi connectivity index (χ0v) is 16.1. The molecule has 1 aromatic carbocycles. The number of pyridine rings is 1. The smallest absolute Gasteiger partial charge is 0.199 e. The molecular formula is C21H24F2N4O. The summed E-state index contributed by atoms with van der Waals surface area (Å²) in [5, 5.41) is 8.03. The molecule has 0 N–H and O–H groups in total. The molecule has 0 unspecified atom stereocenters. The SMILES string of the molecule is CC(C)OCc1nnc2c(F)c(N3CCC(F)(c4ccccc4)CC3)ccn12. The molecular weight excluding hydrogens is 362 g/mol. The minimum absolute atomic E-state index is 0.0513. The number of aromatic nitrogens is 3. The van der Waals surface area contributed by atoms with E-state index in [1.54, 1.807) is 16.7 Å². The highest BCUT2D eigenvalue weighted by atomic mass is 19.1. The lowest BCUT2D eigenvalue weighted by atomic mass is 9.86.